The zero-order chi connectivity index (χ0) is 27.3. The fourth-order valence-electron chi connectivity index (χ4n) is 3.79. The Kier molecular flexibility index (Phi) is 15.5. The second-order valence-electron chi connectivity index (χ2n) is 8.53. The highest BCUT2D eigenvalue weighted by molar-refractivity contribution is 7.14. The number of carbonyl (C=O) groups is 5. The third-order valence-corrected chi connectivity index (χ3v) is 6.91. The molecule has 1 heterocycles. The number of hydrogen-bond acceptors (Lipinski definition) is 8. The van der Waals surface area contributed by atoms with Crippen molar-refractivity contribution in [3.05, 3.63) is 0 Å². The lowest BCUT2D eigenvalue weighted by Crippen LogP contribution is -2.58. The van der Waals surface area contributed by atoms with Crippen LogP contribution in [0.2, 0.25) is 0 Å². The lowest BCUT2D eigenvalue weighted by atomic mass is 10.1. The molecule has 0 aromatic heterocycles. The summed E-state index contributed by atoms with van der Waals surface area (Å²) in [5, 5.41) is 22.0. The van der Waals surface area contributed by atoms with Gasteiger partial charge in [-0.3, -0.25) is 29.1 Å². The molecule has 8 atom stereocenters. The maximum absolute atomic E-state index is 13.5. The predicted octanol–water partition coefficient (Wildman–Crippen LogP) is -1.34. The molecular weight excluding hydrogens is 529 g/mol. The first-order valence-corrected chi connectivity index (χ1v) is 13.4. The average Bonchev–Trinajstić information content (AvgIpc) is 3.34. The van der Waals surface area contributed by atoms with Crippen molar-refractivity contribution in [2.75, 3.05) is 19.6 Å². The van der Waals surface area contributed by atoms with Gasteiger partial charge in [0.1, 0.15) is 30.7 Å². The predicted molar refractivity (Wildman–Crippen MR) is 143 cm³/mol. The maximum atomic E-state index is 13.5. The minimum absolute atomic E-state index is 0.340. The minimum Gasteiger partial charge on any atom is -0.480 e. The van der Waals surface area contributed by atoms with Crippen LogP contribution in [-0.2, 0) is 28.5 Å². The van der Waals surface area contributed by atoms with Crippen LogP contribution in [-0.4, -0.2) is 89.5 Å². The maximum Gasteiger partial charge on any atom is 0.322 e. The number of carboxylic acids is 1. The number of unbranched alkanes of at least 4 members (excludes halogenated alkanes) is 1. The molecule has 206 valence electrons. The molecule has 0 aromatic carbocycles. The van der Waals surface area contributed by atoms with Gasteiger partial charge in [0.15, 0.2) is 0 Å². The molecule has 6 N–H and O–H groups in total. The summed E-state index contributed by atoms with van der Waals surface area (Å²) in [7, 11) is 6.80. The molecule has 1 rings (SSSR count). The third kappa shape index (κ3) is 10.5. The van der Waals surface area contributed by atoms with E-state index in [0.29, 0.717) is 32.2 Å². The van der Waals surface area contributed by atoms with Crippen LogP contribution in [0.4, 0.5) is 0 Å². The highest BCUT2D eigenvalue weighted by atomic mass is 31.0. The SMILES string of the molecule is C[C@H](NC(=O)[C@@H]1CCCN1C(=O)[C@H](CCCCNP)NC(=O)[C@@H](NP)[C@@H](C)OP)C(=O)NCC(=O)O. The van der Waals surface area contributed by atoms with Crippen molar-refractivity contribution in [1.29, 1.82) is 0 Å². The molecule has 1 aliphatic heterocycles. The highest BCUT2D eigenvalue weighted by Gasteiger charge is 2.39. The van der Waals surface area contributed by atoms with Gasteiger partial charge in [-0.1, -0.05) is 18.8 Å². The van der Waals surface area contributed by atoms with E-state index in [1.165, 1.54) is 11.8 Å². The van der Waals surface area contributed by atoms with Crippen LogP contribution in [0, 0.1) is 0 Å². The van der Waals surface area contributed by atoms with Crippen molar-refractivity contribution in [3.8, 4) is 0 Å². The average molecular weight is 568 g/mol. The summed E-state index contributed by atoms with van der Waals surface area (Å²) in [6.07, 6.45) is 2.35. The Hall–Kier alpha value is -1.48. The lowest BCUT2D eigenvalue weighted by molar-refractivity contribution is -0.142. The normalized spacial score (nSPS) is 18.6. The summed E-state index contributed by atoms with van der Waals surface area (Å²) in [6, 6.07) is -3.35. The number of carboxylic acid groups (broad SMARTS) is 1. The molecule has 0 saturated carbocycles. The van der Waals surface area contributed by atoms with E-state index in [4.69, 9.17) is 9.63 Å². The number of aliphatic carboxylic acids is 1. The van der Waals surface area contributed by atoms with Gasteiger partial charge in [0.25, 0.3) is 0 Å². The Morgan fingerprint density at radius 2 is 1.78 bits per heavy atom. The fraction of sp³-hybridized carbons (Fsp3) is 0.750. The van der Waals surface area contributed by atoms with Crippen molar-refractivity contribution in [2.45, 2.75) is 76.2 Å². The number of nitrogens with one attached hydrogen (secondary N) is 5. The van der Waals surface area contributed by atoms with E-state index in [-0.39, 0.29) is 5.91 Å². The number of rotatable bonds is 16. The first-order valence-electron chi connectivity index (χ1n) is 11.7. The molecule has 4 amide bonds. The summed E-state index contributed by atoms with van der Waals surface area (Å²) in [5.74, 6) is -3.13. The Bertz CT molecular complexity index is 778. The minimum atomic E-state index is -1.20. The van der Waals surface area contributed by atoms with Gasteiger partial charge in [-0.2, -0.15) is 0 Å². The first kappa shape index (κ1) is 32.5. The second-order valence-corrected chi connectivity index (χ2v) is 9.54. The molecule has 0 aromatic rings. The van der Waals surface area contributed by atoms with E-state index in [1.807, 2.05) is 0 Å². The molecule has 16 heteroatoms. The first-order chi connectivity index (χ1) is 17.1. The Morgan fingerprint density at radius 1 is 1.08 bits per heavy atom. The van der Waals surface area contributed by atoms with Crippen LogP contribution < -0.4 is 26.1 Å². The van der Waals surface area contributed by atoms with E-state index < -0.39 is 60.5 Å². The number of likely N-dealkylation sites (tertiary alicyclic amines) is 1. The standard InChI is InChI=1S/C20H39N6O7P3/c1-11(17(29)21-10-15(27)28)23-18(30)14-7-5-9-26(14)20(32)13(6-3-4-8-22-34)24-19(31)16(25-35)12(2)33-36/h11-14,16,22,25H,3-10,34-36H2,1-2H3,(H,21,29)(H,23,30)(H,24,31)(H,27,28)/t11-,12+,13-,14-,16-/m0/s1. The second kappa shape index (κ2) is 17.1. The molecule has 0 bridgehead atoms. The molecule has 1 fully saturated rings. The summed E-state index contributed by atoms with van der Waals surface area (Å²) in [5.41, 5.74) is 0. The van der Waals surface area contributed by atoms with E-state index in [0.717, 1.165) is 13.0 Å². The number of nitrogens with zero attached hydrogens (tertiary/aromatic N) is 1. The summed E-state index contributed by atoms with van der Waals surface area (Å²) >= 11 is 0. The molecule has 36 heavy (non-hydrogen) atoms. The molecule has 0 aliphatic carbocycles. The molecule has 3 unspecified atom stereocenters. The number of hydrogen-bond donors (Lipinski definition) is 6. The number of amides is 4. The van der Waals surface area contributed by atoms with Gasteiger partial charge in [-0.05, 0) is 52.5 Å². The quantitative estimate of drug-likeness (QED) is 0.0972. The topological polar surface area (TPSA) is 178 Å². The van der Waals surface area contributed by atoms with Crippen molar-refractivity contribution in [3.63, 3.8) is 0 Å². The van der Waals surface area contributed by atoms with Crippen molar-refractivity contribution < 1.29 is 33.6 Å². The smallest absolute Gasteiger partial charge is 0.322 e. The number of carbonyl (C=O) groups excluding carboxylic acids is 4. The monoisotopic (exact) mass is 568 g/mol. The highest BCUT2D eigenvalue weighted by Crippen LogP contribution is 2.20. The van der Waals surface area contributed by atoms with Crippen LogP contribution in [0.3, 0.4) is 0 Å². The Balaban J connectivity index is 2.93. The van der Waals surface area contributed by atoms with Crippen LogP contribution in [0.15, 0.2) is 0 Å². The molecule has 13 nitrogen and oxygen atoms in total. The lowest BCUT2D eigenvalue weighted by Gasteiger charge is -2.30. The molecule has 0 spiro atoms. The van der Waals surface area contributed by atoms with Crippen LogP contribution in [0.25, 0.3) is 0 Å². The van der Waals surface area contributed by atoms with Crippen LogP contribution in [0.5, 0.6) is 0 Å². The van der Waals surface area contributed by atoms with E-state index in [2.05, 4.69) is 54.4 Å². The fourth-order valence-corrected chi connectivity index (χ4v) is 4.58. The molecule has 1 aliphatic rings. The van der Waals surface area contributed by atoms with Gasteiger partial charge in [-0.15, -0.1) is 0 Å². The summed E-state index contributed by atoms with van der Waals surface area (Å²) < 4.78 is 5.17. The van der Waals surface area contributed by atoms with Gasteiger partial charge in [0.2, 0.25) is 23.6 Å². The van der Waals surface area contributed by atoms with Crippen LogP contribution in [0.1, 0.15) is 46.0 Å². The largest absolute Gasteiger partial charge is 0.480 e. The molecule has 0 radical (unpaired) electrons. The van der Waals surface area contributed by atoms with Crippen molar-refractivity contribution >= 4 is 57.8 Å². The Morgan fingerprint density at radius 3 is 2.36 bits per heavy atom. The third-order valence-electron chi connectivity index (χ3n) is 5.83. The zero-order valence-electron chi connectivity index (χ0n) is 20.6. The van der Waals surface area contributed by atoms with Crippen LogP contribution >= 0.6 is 28.2 Å². The molecule has 1 saturated heterocycles. The Labute approximate surface area is 218 Å². The molecular formula is C20H39N6O7P3. The van der Waals surface area contributed by atoms with Crippen molar-refractivity contribution in [1.82, 2.24) is 31.0 Å². The summed E-state index contributed by atoms with van der Waals surface area (Å²) in [4.78, 5) is 63.5. The van der Waals surface area contributed by atoms with E-state index in [9.17, 15) is 24.0 Å². The zero-order valence-corrected chi connectivity index (χ0v) is 24.1. The van der Waals surface area contributed by atoms with Gasteiger partial charge >= 0.3 is 5.97 Å². The van der Waals surface area contributed by atoms with E-state index in [1.54, 1.807) is 6.92 Å². The van der Waals surface area contributed by atoms with Gasteiger partial charge in [0.05, 0.1) is 6.10 Å². The van der Waals surface area contributed by atoms with Gasteiger partial charge < -0.3 is 35.6 Å². The van der Waals surface area contributed by atoms with Crippen molar-refractivity contribution in [2.24, 2.45) is 0 Å². The van der Waals surface area contributed by atoms with Gasteiger partial charge in [0, 0.05) is 16.0 Å². The van der Waals surface area contributed by atoms with E-state index >= 15 is 0 Å². The summed E-state index contributed by atoms with van der Waals surface area (Å²) in [6.45, 7) is 3.65. The van der Waals surface area contributed by atoms with Gasteiger partial charge in [-0.25, -0.2) is 0 Å².